The van der Waals surface area contributed by atoms with Crippen molar-refractivity contribution in [3.8, 4) is 5.88 Å². The molecule has 0 radical (unpaired) electrons. The number of nitrogens with zero attached hydrogens (tertiary/aromatic N) is 6. The smallest absolute Gasteiger partial charge is 0.282 e. The van der Waals surface area contributed by atoms with Gasteiger partial charge in [-0.15, -0.1) is 9.46 Å². The van der Waals surface area contributed by atoms with Crippen LogP contribution < -0.4 is 9.46 Å². The molecule has 332 valence electrons. The second kappa shape index (κ2) is 18.6. The highest BCUT2D eigenvalue weighted by Gasteiger charge is 2.47. The van der Waals surface area contributed by atoms with Crippen molar-refractivity contribution in [2.45, 2.75) is 69.1 Å². The number of amides is 2. The number of benzene rings is 1. The number of rotatable bonds is 8. The quantitative estimate of drug-likeness (QED) is 0.367. The standard InChI is InChI=1S/C45H62ClN7O7S/c1-30-27-61(56,49-43(55)36-26-51(3)47-44(36)58-5)48-42(54)32-9-13-41-38(24-32)53(28-45(29-60-41)16-6-7-31-23-34(46)10-12-37(31)45)25-33-8-11-35(33)40(57-4)15-14-39(30)59-22-21-52-19-17-50(2)18-20-52/h9-10,12-15,23,26,30,33,35,38-40H,6-8,11,16-22,24-25,27-29H2,1-5H3,(H,48,49,54,55,56)/b15-14+/t30-,33+,35-,38?,39+,40+,45+,61+/m1/s1. The van der Waals surface area contributed by atoms with E-state index in [2.05, 4.69) is 54.1 Å². The fraction of sp³-hybridized carbons (Fsp3) is 0.622. The summed E-state index contributed by atoms with van der Waals surface area (Å²) in [4.78, 5) is 35.6. The summed E-state index contributed by atoms with van der Waals surface area (Å²) in [6.45, 7) is 9.13. The molecule has 1 spiro atoms. The van der Waals surface area contributed by atoms with Crippen molar-refractivity contribution in [3.05, 3.63) is 81.7 Å². The van der Waals surface area contributed by atoms with Gasteiger partial charge in [0, 0.05) is 94.5 Å². The Labute approximate surface area is 365 Å². The number of aromatic nitrogens is 2. The summed E-state index contributed by atoms with van der Waals surface area (Å²) in [5.74, 6) is -0.368. The normalized spacial score (nSPS) is 33.1. The maximum absolute atomic E-state index is 15.2. The van der Waals surface area contributed by atoms with Crippen molar-refractivity contribution >= 4 is 33.3 Å². The Bertz CT molecular complexity index is 2180. The van der Waals surface area contributed by atoms with E-state index in [0.717, 1.165) is 88.7 Å². The average Bonchev–Trinajstić information content (AvgIpc) is 3.55. The first-order valence-electron chi connectivity index (χ1n) is 21.8. The molecule has 8 atom stereocenters. The van der Waals surface area contributed by atoms with Crippen molar-refractivity contribution in [2.24, 2.45) is 29.2 Å². The molecule has 3 aliphatic carbocycles. The first-order valence-corrected chi connectivity index (χ1v) is 23.9. The van der Waals surface area contributed by atoms with E-state index >= 15 is 4.21 Å². The molecule has 1 aromatic carbocycles. The number of likely N-dealkylation sites (N-methyl/N-ethyl adjacent to an activating group) is 1. The van der Waals surface area contributed by atoms with Crippen LogP contribution in [0.25, 0.3) is 0 Å². The van der Waals surface area contributed by atoms with Crippen molar-refractivity contribution in [3.63, 3.8) is 0 Å². The van der Waals surface area contributed by atoms with Gasteiger partial charge in [-0.05, 0) is 86.4 Å². The SMILES string of the molecule is COc1nn(C)cc1C(=O)N[S@@]1(=O)=NC(=O)C2=CC=C3OC[C@]4(CCCc5cc(Cl)ccc54)CN(C[C@@H]4CC[C@H]4[C@@H](OC)/C=C/[C@H](OCCN4CCN(C)CC4)[C@H](C)C1)C3C2. The minimum atomic E-state index is -3.74. The molecule has 6 aliphatic rings. The molecule has 8 rings (SSSR count). The Hall–Kier alpha value is -3.57. The van der Waals surface area contributed by atoms with Crippen LogP contribution in [0.1, 0.15) is 60.5 Å². The van der Waals surface area contributed by atoms with Gasteiger partial charge >= 0.3 is 0 Å². The third kappa shape index (κ3) is 9.68. The van der Waals surface area contributed by atoms with Crippen LogP contribution in [0.2, 0.25) is 5.02 Å². The number of nitrogens with one attached hydrogen (secondary N) is 1. The average molecular weight is 881 g/mol. The number of piperazine rings is 1. The van der Waals surface area contributed by atoms with Crippen molar-refractivity contribution in [1.29, 1.82) is 0 Å². The highest BCUT2D eigenvalue weighted by molar-refractivity contribution is 7.92. The lowest BCUT2D eigenvalue weighted by Gasteiger charge is -2.46. The minimum Gasteiger partial charge on any atom is -0.495 e. The summed E-state index contributed by atoms with van der Waals surface area (Å²) >= 11 is 6.52. The van der Waals surface area contributed by atoms with Gasteiger partial charge in [0.15, 0.2) is 0 Å². The largest absolute Gasteiger partial charge is 0.495 e. The van der Waals surface area contributed by atoms with Crippen LogP contribution >= 0.6 is 11.6 Å². The maximum Gasteiger partial charge on any atom is 0.282 e. The maximum atomic E-state index is 15.2. The molecule has 2 saturated heterocycles. The molecule has 1 N–H and O–H groups in total. The second-order valence-electron chi connectivity index (χ2n) is 18.0. The molecule has 1 saturated carbocycles. The van der Waals surface area contributed by atoms with Crippen molar-refractivity contribution in [1.82, 2.24) is 29.2 Å². The number of halogens is 1. The van der Waals surface area contributed by atoms with E-state index in [1.165, 1.54) is 29.1 Å². The highest BCUT2D eigenvalue weighted by Crippen LogP contribution is 2.46. The molecule has 1 aromatic heterocycles. The van der Waals surface area contributed by atoms with E-state index in [0.29, 0.717) is 31.1 Å². The van der Waals surface area contributed by atoms with Crippen LogP contribution in [-0.4, -0.2) is 145 Å². The molecule has 16 heteroatoms. The molecule has 3 fully saturated rings. The molecule has 4 heterocycles. The van der Waals surface area contributed by atoms with E-state index in [1.54, 1.807) is 20.2 Å². The Morgan fingerprint density at radius 3 is 2.66 bits per heavy atom. The van der Waals surface area contributed by atoms with E-state index in [-0.39, 0.29) is 40.7 Å². The molecule has 2 aromatic rings. The van der Waals surface area contributed by atoms with Gasteiger partial charge in [-0.1, -0.05) is 36.7 Å². The predicted octanol–water partition coefficient (Wildman–Crippen LogP) is 4.79. The summed E-state index contributed by atoms with van der Waals surface area (Å²) in [6, 6.07) is 6.04. The van der Waals surface area contributed by atoms with E-state index < -0.39 is 33.8 Å². The lowest BCUT2D eigenvalue weighted by Crippen LogP contribution is -2.51. The Balaban J connectivity index is 1.15. The monoisotopic (exact) mass is 879 g/mol. The number of fused-ring (bicyclic) bond motifs is 4. The Morgan fingerprint density at radius 1 is 1.10 bits per heavy atom. The summed E-state index contributed by atoms with van der Waals surface area (Å²) in [7, 11) is 3.24. The summed E-state index contributed by atoms with van der Waals surface area (Å²) in [5, 5.41) is 4.96. The van der Waals surface area contributed by atoms with Crippen molar-refractivity contribution < 1.29 is 32.7 Å². The van der Waals surface area contributed by atoms with Gasteiger partial charge in [-0.2, -0.15) is 0 Å². The molecule has 2 amide bonds. The second-order valence-corrected chi connectivity index (χ2v) is 20.5. The van der Waals surface area contributed by atoms with Gasteiger partial charge in [0.25, 0.3) is 11.8 Å². The molecule has 61 heavy (non-hydrogen) atoms. The van der Waals surface area contributed by atoms with Crippen molar-refractivity contribution in [2.75, 3.05) is 86.0 Å². The number of ether oxygens (including phenoxy) is 4. The summed E-state index contributed by atoms with van der Waals surface area (Å²) in [6.07, 6.45) is 14.0. The zero-order valence-corrected chi connectivity index (χ0v) is 37.8. The molecule has 3 aliphatic heterocycles. The summed E-state index contributed by atoms with van der Waals surface area (Å²) < 4.78 is 48.8. The lowest BCUT2D eigenvalue weighted by molar-refractivity contribution is -0.114. The molecule has 1 unspecified atom stereocenters. The Kier molecular flexibility index (Phi) is 13.5. The van der Waals surface area contributed by atoms with Crippen LogP contribution in [-0.2, 0) is 47.8 Å². The third-order valence-electron chi connectivity index (χ3n) is 13.9. The van der Waals surface area contributed by atoms with Gasteiger partial charge in [0.05, 0.1) is 44.3 Å². The number of carbonyl (C=O) groups is 2. The van der Waals surface area contributed by atoms with Crippen LogP contribution in [0, 0.1) is 17.8 Å². The fourth-order valence-corrected chi connectivity index (χ4v) is 12.4. The van der Waals surface area contributed by atoms with Gasteiger partial charge in [-0.3, -0.25) is 28.8 Å². The van der Waals surface area contributed by atoms with Gasteiger partial charge in [0.2, 0.25) is 5.88 Å². The number of allylic oxidation sites excluding steroid dienone is 2. The third-order valence-corrected chi connectivity index (χ3v) is 16.1. The first-order chi connectivity index (χ1) is 29.4. The molecular weight excluding hydrogens is 818 g/mol. The molecular formula is C45H62ClN7O7S. The van der Waals surface area contributed by atoms with Gasteiger partial charge in [-0.25, -0.2) is 4.21 Å². The van der Waals surface area contributed by atoms with Gasteiger partial charge in [0.1, 0.15) is 21.2 Å². The van der Waals surface area contributed by atoms with Crippen LogP contribution in [0.15, 0.2) is 64.4 Å². The minimum absolute atomic E-state index is 0.0751. The van der Waals surface area contributed by atoms with E-state index in [9.17, 15) is 9.59 Å². The molecule has 14 nitrogen and oxygen atoms in total. The number of hydrogen-bond donors (Lipinski definition) is 1. The topological polar surface area (TPSA) is 140 Å². The number of carbonyl (C=O) groups excluding carboxylic acids is 2. The zero-order valence-electron chi connectivity index (χ0n) is 36.2. The van der Waals surface area contributed by atoms with Crippen LogP contribution in [0.3, 0.4) is 0 Å². The number of aryl methyl sites for hydroxylation is 2. The zero-order chi connectivity index (χ0) is 42.9. The first kappa shape index (κ1) is 44.1. The highest BCUT2D eigenvalue weighted by atomic mass is 35.5. The van der Waals surface area contributed by atoms with Crippen LogP contribution in [0.4, 0.5) is 0 Å². The van der Waals surface area contributed by atoms with E-state index in [4.69, 9.17) is 30.5 Å². The predicted molar refractivity (Wildman–Crippen MR) is 235 cm³/mol. The lowest BCUT2D eigenvalue weighted by atomic mass is 9.68. The summed E-state index contributed by atoms with van der Waals surface area (Å²) in [5.41, 5.74) is 2.79. The van der Waals surface area contributed by atoms with E-state index in [1.807, 2.05) is 25.1 Å². The van der Waals surface area contributed by atoms with Gasteiger partial charge < -0.3 is 23.8 Å². The number of methoxy groups -OCH3 is 2. The Morgan fingerprint density at radius 2 is 1.90 bits per heavy atom. The molecule has 2 bridgehead atoms. The van der Waals surface area contributed by atoms with Crippen LogP contribution in [0.5, 0.6) is 5.88 Å². The number of hydrogen-bond acceptors (Lipinski definition) is 11. The fourth-order valence-electron chi connectivity index (χ4n) is 10.3.